The van der Waals surface area contributed by atoms with E-state index in [1.54, 1.807) is 11.0 Å². The van der Waals surface area contributed by atoms with Crippen molar-refractivity contribution in [2.45, 2.75) is 82.4 Å². The van der Waals surface area contributed by atoms with E-state index in [-0.39, 0.29) is 36.6 Å². The number of carbonyl (C=O) groups excluding carboxylic acids is 1. The molecule has 1 heterocycles. The maximum absolute atomic E-state index is 14.1. The number of carbonyl (C=O) groups is 1. The minimum absolute atomic E-state index is 0.0198. The van der Waals surface area contributed by atoms with Crippen LogP contribution in [0.1, 0.15) is 69.8 Å². The maximum atomic E-state index is 14.1. The third kappa shape index (κ3) is 6.48. The first-order valence-corrected chi connectivity index (χ1v) is 13.4. The molecular weight excluding hydrogens is 438 g/mol. The van der Waals surface area contributed by atoms with Crippen molar-refractivity contribution < 1.29 is 26.7 Å². The van der Waals surface area contributed by atoms with Crippen LogP contribution in [-0.4, -0.2) is 56.8 Å². The molecule has 180 valence electrons. The highest BCUT2D eigenvalue weighted by Gasteiger charge is 2.36. The Morgan fingerprint density at radius 3 is 2.56 bits per heavy atom. The average Bonchev–Trinajstić information content (AvgIpc) is 2.74. The van der Waals surface area contributed by atoms with Gasteiger partial charge < -0.3 is 9.64 Å². The highest BCUT2D eigenvalue weighted by molar-refractivity contribution is 7.88. The first kappa shape index (κ1) is 25.1. The van der Waals surface area contributed by atoms with Crippen molar-refractivity contribution in [2.24, 2.45) is 0 Å². The predicted molar refractivity (Wildman–Crippen MR) is 119 cm³/mol. The second-order valence-electron chi connectivity index (χ2n) is 8.99. The van der Waals surface area contributed by atoms with Gasteiger partial charge in [0, 0.05) is 19.0 Å². The fraction of sp³-hybridized carbons (Fsp3) is 0.696. The average molecular weight is 473 g/mol. The number of amides is 1. The maximum Gasteiger partial charge on any atom is 0.222 e. The van der Waals surface area contributed by atoms with Crippen molar-refractivity contribution in [3.8, 4) is 0 Å². The molecule has 0 bridgehead atoms. The lowest BCUT2D eigenvalue weighted by Crippen LogP contribution is -2.59. The summed E-state index contributed by atoms with van der Waals surface area (Å²) in [6.07, 6.45) is 6.43. The molecule has 9 heteroatoms. The van der Waals surface area contributed by atoms with Crippen LogP contribution in [0.15, 0.2) is 18.2 Å². The summed E-state index contributed by atoms with van der Waals surface area (Å²) in [5.41, 5.74) is 0.421. The van der Waals surface area contributed by atoms with E-state index in [0.717, 1.165) is 25.2 Å². The van der Waals surface area contributed by atoms with Crippen LogP contribution in [0.3, 0.4) is 0 Å². The Labute approximate surface area is 189 Å². The van der Waals surface area contributed by atoms with Gasteiger partial charge in [-0.15, -0.1) is 0 Å². The number of rotatable bonds is 8. The van der Waals surface area contributed by atoms with Gasteiger partial charge in [0.2, 0.25) is 15.9 Å². The fourth-order valence-corrected chi connectivity index (χ4v) is 5.78. The molecule has 3 rings (SSSR count). The second kappa shape index (κ2) is 11.0. The quantitative estimate of drug-likeness (QED) is 0.626. The zero-order valence-electron chi connectivity index (χ0n) is 18.9. The number of hydrogen-bond acceptors (Lipinski definition) is 4. The SMILES string of the molecule is CCCC(=O)N1CCC[C@H](NS(C)(=O)=O)[C@@H]1COC1CCC(c2cccc(F)c2F)CC1. The molecule has 1 N–H and O–H groups in total. The highest BCUT2D eigenvalue weighted by Crippen LogP contribution is 2.36. The van der Waals surface area contributed by atoms with Crippen molar-refractivity contribution in [2.75, 3.05) is 19.4 Å². The lowest BCUT2D eigenvalue weighted by molar-refractivity contribution is -0.138. The normalized spacial score (nSPS) is 26.8. The molecule has 0 radical (unpaired) electrons. The number of ether oxygens (including phenoxy) is 1. The number of nitrogens with one attached hydrogen (secondary N) is 1. The smallest absolute Gasteiger partial charge is 0.222 e. The number of halogens is 2. The standard InChI is InChI=1S/C23H34F2N2O4S/c1-3-6-22(28)27-14-5-9-20(26-32(2,29)30)21(27)15-31-17-12-10-16(11-13-17)18-7-4-8-19(24)23(18)25/h4,7-8,16-17,20-21,26H,3,5-6,9-15H2,1-2H3/t16?,17?,20-,21-/m0/s1. The summed E-state index contributed by atoms with van der Waals surface area (Å²) in [4.78, 5) is 14.4. The fourth-order valence-electron chi connectivity index (χ4n) is 4.95. The van der Waals surface area contributed by atoms with Crippen molar-refractivity contribution in [1.29, 1.82) is 0 Å². The van der Waals surface area contributed by atoms with E-state index in [1.165, 1.54) is 6.07 Å². The third-order valence-corrected chi connectivity index (χ3v) is 7.26. The van der Waals surface area contributed by atoms with E-state index >= 15 is 0 Å². The number of piperidine rings is 1. The van der Waals surface area contributed by atoms with Crippen LogP contribution in [0.2, 0.25) is 0 Å². The highest BCUT2D eigenvalue weighted by atomic mass is 32.2. The number of hydrogen-bond donors (Lipinski definition) is 1. The van der Waals surface area contributed by atoms with E-state index in [1.807, 2.05) is 6.92 Å². The molecule has 6 nitrogen and oxygen atoms in total. The van der Waals surface area contributed by atoms with Gasteiger partial charge in [-0.25, -0.2) is 21.9 Å². The minimum Gasteiger partial charge on any atom is -0.376 e. The number of nitrogens with zero attached hydrogens (tertiary/aromatic N) is 1. The number of benzene rings is 1. The molecule has 2 aliphatic rings. The van der Waals surface area contributed by atoms with Crippen LogP contribution in [0.4, 0.5) is 8.78 Å². The van der Waals surface area contributed by atoms with Crippen LogP contribution < -0.4 is 4.72 Å². The summed E-state index contributed by atoms with van der Waals surface area (Å²) < 4.78 is 60.3. The molecule has 0 aromatic heterocycles. The van der Waals surface area contributed by atoms with Gasteiger partial charge in [0.15, 0.2) is 11.6 Å². The first-order chi connectivity index (χ1) is 15.2. The van der Waals surface area contributed by atoms with Crippen molar-refractivity contribution >= 4 is 15.9 Å². The molecule has 2 atom stereocenters. The van der Waals surface area contributed by atoms with Crippen molar-refractivity contribution in [1.82, 2.24) is 9.62 Å². The molecule has 0 spiro atoms. The van der Waals surface area contributed by atoms with Gasteiger partial charge >= 0.3 is 0 Å². The van der Waals surface area contributed by atoms with E-state index in [4.69, 9.17) is 4.74 Å². The Hall–Kier alpha value is -1.58. The van der Waals surface area contributed by atoms with Crippen molar-refractivity contribution in [3.63, 3.8) is 0 Å². The van der Waals surface area contributed by atoms with Crippen LogP contribution >= 0.6 is 0 Å². The van der Waals surface area contributed by atoms with Crippen LogP contribution in [-0.2, 0) is 19.6 Å². The summed E-state index contributed by atoms with van der Waals surface area (Å²) >= 11 is 0. The van der Waals surface area contributed by atoms with E-state index < -0.39 is 21.7 Å². The second-order valence-corrected chi connectivity index (χ2v) is 10.8. The molecule has 0 unspecified atom stereocenters. The Balaban J connectivity index is 1.62. The first-order valence-electron chi connectivity index (χ1n) is 11.5. The Morgan fingerprint density at radius 1 is 1.19 bits per heavy atom. The van der Waals surface area contributed by atoms with Crippen molar-refractivity contribution in [3.05, 3.63) is 35.4 Å². The Morgan fingerprint density at radius 2 is 1.91 bits per heavy atom. The zero-order valence-corrected chi connectivity index (χ0v) is 19.7. The summed E-state index contributed by atoms with van der Waals surface area (Å²) in [6.45, 7) is 2.80. The number of sulfonamides is 1. The van der Waals surface area contributed by atoms with Crippen LogP contribution in [0.5, 0.6) is 0 Å². The van der Waals surface area contributed by atoms with Gasteiger partial charge in [-0.05, 0) is 62.5 Å². The molecule has 1 aliphatic carbocycles. The molecule has 1 aromatic rings. The summed E-state index contributed by atoms with van der Waals surface area (Å²) in [6, 6.07) is 3.58. The lowest BCUT2D eigenvalue weighted by Gasteiger charge is -2.42. The molecule has 1 aromatic carbocycles. The monoisotopic (exact) mass is 472 g/mol. The minimum atomic E-state index is -3.42. The topological polar surface area (TPSA) is 75.7 Å². The molecule has 1 saturated carbocycles. The molecule has 1 amide bonds. The van der Waals surface area contributed by atoms with Crippen LogP contribution in [0.25, 0.3) is 0 Å². The largest absolute Gasteiger partial charge is 0.376 e. The molecule has 32 heavy (non-hydrogen) atoms. The molecule has 1 saturated heterocycles. The Bertz CT molecular complexity index is 888. The van der Waals surface area contributed by atoms with Gasteiger partial charge in [-0.1, -0.05) is 19.1 Å². The summed E-state index contributed by atoms with van der Waals surface area (Å²) in [5.74, 6) is -1.60. The molecule has 1 aliphatic heterocycles. The third-order valence-electron chi connectivity index (χ3n) is 6.53. The van der Waals surface area contributed by atoms with E-state index in [0.29, 0.717) is 50.6 Å². The van der Waals surface area contributed by atoms with Gasteiger partial charge in [0.25, 0.3) is 0 Å². The summed E-state index contributed by atoms with van der Waals surface area (Å²) in [7, 11) is -3.42. The predicted octanol–water partition coefficient (Wildman–Crippen LogP) is 3.72. The van der Waals surface area contributed by atoms with E-state index in [2.05, 4.69) is 4.72 Å². The van der Waals surface area contributed by atoms with Gasteiger partial charge in [0.05, 0.1) is 25.0 Å². The van der Waals surface area contributed by atoms with Gasteiger partial charge in [-0.3, -0.25) is 4.79 Å². The van der Waals surface area contributed by atoms with Gasteiger partial charge in [0.1, 0.15) is 0 Å². The number of likely N-dealkylation sites (tertiary alicyclic amines) is 1. The lowest BCUT2D eigenvalue weighted by atomic mass is 9.82. The zero-order chi connectivity index (χ0) is 23.3. The summed E-state index contributed by atoms with van der Waals surface area (Å²) in [5, 5.41) is 0. The van der Waals surface area contributed by atoms with E-state index in [9.17, 15) is 22.0 Å². The molecule has 2 fully saturated rings. The van der Waals surface area contributed by atoms with Gasteiger partial charge in [-0.2, -0.15) is 0 Å². The Kier molecular flexibility index (Phi) is 8.63. The molecular formula is C23H34F2N2O4S. The van der Waals surface area contributed by atoms with Crippen LogP contribution in [0, 0.1) is 11.6 Å².